The minimum absolute atomic E-state index is 0.0656. The number of alkyl halides is 1. The monoisotopic (exact) mass is 440 g/mol. The van der Waals surface area contributed by atoms with E-state index in [9.17, 15) is 17.5 Å². The van der Waals surface area contributed by atoms with Crippen molar-refractivity contribution in [3.05, 3.63) is 36.5 Å². The molecule has 0 aromatic rings. The number of hydrogen-bond acceptors (Lipinski definition) is 5. The second kappa shape index (κ2) is 14.2. The summed E-state index contributed by atoms with van der Waals surface area (Å²) in [7, 11) is -9.99. The van der Waals surface area contributed by atoms with Gasteiger partial charge in [-0.1, -0.05) is 36.5 Å². The average molecular weight is 441 g/mol. The van der Waals surface area contributed by atoms with E-state index in [-0.39, 0.29) is 19.6 Å². The summed E-state index contributed by atoms with van der Waals surface area (Å²) in [5.74, 6) is 0. The summed E-state index contributed by atoms with van der Waals surface area (Å²) in [5.41, 5.74) is 0. The third-order valence-electron chi connectivity index (χ3n) is 3.83. The SMILES string of the molecule is CC=CCCC=CCCC=CCCCC(F)(P(=O)(OCC)OCC)S(=O)(=O)O. The fraction of sp³-hybridized carbons (Fsp3) is 0.684. The molecule has 1 unspecified atom stereocenters. The molecule has 0 aliphatic rings. The largest absolute Gasteiger partial charge is 0.385 e. The van der Waals surface area contributed by atoms with Crippen molar-refractivity contribution >= 4 is 17.7 Å². The Morgan fingerprint density at radius 3 is 1.75 bits per heavy atom. The lowest BCUT2D eigenvalue weighted by Gasteiger charge is -2.29. The van der Waals surface area contributed by atoms with Crippen LogP contribution in [0.1, 0.15) is 65.7 Å². The molecule has 0 bridgehead atoms. The van der Waals surface area contributed by atoms with Crippen LogP contribution < -0.4 is 0 Å². The molecule has 0 aliphatic heterocycles. The molecule has 0 amide bonds. The van der Waals surface area contributed by atoms with Gasteiger partial charge in [0, 0.05) is 6.42 Å². The summed E-state index contributed by atoms with van der Waals surface area (Å²) in [6.45, 7) is 4.45. The standard InChI is InChI=1S/C19H34FO6PS/c1-4-7-8-9-10-11-12-13-14-15-16-17-18-19(20,28(22,23)24)27(21,25-5-2)26-6-3/h4,7,10-11,14-15H,5-6,8-9,12-13,16-18H2,1-3H3,(H,22,23,24). The van der Waals surface area contributed by atoms with Gasteiger partial charge in [-0.25, -0.2) is 4.39 Å². The Morgan fingerprint density at radius 2 is 1.36 bits per heavy atom. The summed E-state index contributed by atoms with van der Waals surface area (Å²) < 4.78 is 66.4. The number of allylic oxidation sites excluding steroid dienone is 6. The van der Waals surface area contributed by atoms with Gasteiger partial charge >= 0.3 is 22.5 Å². The van der Waals surface area contributed by atoms with Crippen molar-refractivity contribution in [3.63, 3.8) is 0 Å². The molecular weight excluding hydrogens is 406 g/mol. The Balaban J connectivity index is 4.61. The highest BCUT2D eigenvalue weighted by atomic mass is 32.2. The Labute approximate surface area is 169 Å². The van der Waals surface area contributed by atoms with E-state index >= 15 is 4.39 Å². The normalized spacial score (nSPS) is 15.8. The molecule has 0 radical (unpaired) electrons. The third kappa shape index (κ3) is 9.14. The van der Waals surface area contributed by atoms with Crippen molar-refractivity contribution in [1.82, 2.24) is 0 Å². The van der Waals surface area contributed by atoms with E-state index in [4.69, 9.17) is 9.05 Å². The van der Waals surface area contributed by atoms with E-state index in [1.807, 2.05) is 25.2 Å². The smallest absolute Gasteiger partial charge is 0.306 e. The maximum Gasteiger partial charge on any atom is 0.385 e. The van der Waals surface area contributed by atoms with Crippen LogP contribution in [0.4, 0.5) is 4.39 Å². The Morgan fingerprint density at radius 1 is 0.929 bits per heavy atom. The highest BCUT2D eigenvalue weighted by molar-refractivity contribution is 7.95. The van der Waals surface area contributed by atoms with Crippen LogP contribution in [0, 0.1) is 0 Å². The van der Waals surface area contributed by atoms with Gasteiger partial charge < -0.3 is 9.05 Å². The van der Waals surface area contributed by atoms with Crippen LogP contribution in [0.15, 0.2) is 36.5 Å². The van der Waals surface area contributed by atoms with Crippen LogP contribution in [0.25, 0.3) is 0 Å². The number of halogens is 1. The zero-order valence-corrected chi connectivity index (χ0v) is 18.8. The zero-order valence-electron chi connectivity index (χ0n) is 17.0. The molecule has 1 N–H and O–H groups in total. The first-order valence-corrected chi connectivity index (χ1v) is 12.6. The van der Waals surface area contributed by atoms with Gasteiger partial charge in [-0.15, -0.1) is 0 Å². The van der Waals surface area contributed by atoms with Crippen molar-refractivity contribution in [2.45, 2.75) is 70.5 Å². The lowest BCUT2D eigenvalue weighted by Crippen LogP contribution is -2.35. The molecule has 0 heterocycles. The maximum atomic E-state index is 15.1. The molecule has 28 heavy (non-hydrogen) atoms. The van der Waals surface area contributed by atoms with E-state index in [1.54, 1.807) is 0 Å². The Bertz CT molecular complexity index is 649. The van der Waals surface area contributed by atoms with E-state index in [2.05, 4.69) is 18.2 Å². The molecule has 0 aliphatic carbocycles. The van der Waals surface area contributed by atoms with Gasteiger partial charge in [-0.3, -0.25) is 9.12 Å². The lowest BCUT2D eigenvalue weighted by molar-refractivity contribution is 0.166. The van der Waals surface area contributed by atoms with Crippen molar-refractivity contribution in [2.24, 2.45) is 0 Å². The van der Waals surface area contributed by atoms with Crippen molar-refractivity contribution in [1.29, 1.82) is 0 Å². The van der Waals surface area contributed by atoms with Gasteiger partial charge in [0.2, 0.25) is 0 Å². The Hall–Kier alpha value is -0.790. The third-order valence-corrected chi connectivity index (χ3v) is 8.42. The zero-order chi connectivity index (χ0) is 21.5. The average Bonchev–Trinajstić information content (AvgIpc) is 2.61. The second-order valence-corrected chi connectivity index (χ2v) is 10.2. The minimum Gasteiger partial charge on any atom is -0.306 e. The highest BCUT2D eigenvalue weighted by Gasteiger charge is 2.61. The second-order valence-electron chi connectivity index (χ2n) is 6.06. The molecule has 0 spiro atoms. The summed E-state index contributed by atoms with van der Waals surface area (Å²) in [6.07, 6.45) is 15.6. The topological polar surface area (TPSA) is 89.9 Å². The predicted molar refractivity (Wildman–Crippen MR) is 112 cm³/mol. The molecule has 0 aromatic carbocycles. The summed E-state index contributed by atoms with van der Waals surface area (Å²) in [5, 5.41) is 0. The predicted octanol–water partition coefficient (Wildman–Crippen LogP) is 6.18. The van der Waals surface area contributed by atoms with E-state index in [0.29, 0.717) is 6.42 Å². The van der Waals surface area contributed by atoms with Gasteiger partial charge in [0.25, 0.3) is 0 Å². The molecule has 9 heteroatoms. The van der Waals surface area contributed by atoms with Crippen molar-refractivity contribution < 1.29 is 31.0 Å². The molecule has 164 valence electrons. The van der Waals surface area contributed by atoms with Gasteiger partial charge in [-0.2, -0.15) is 8.42 Å². The van der Waals surface area contributed by atoms with Gasteiger partial charge in [0.15, 0.2) is 0 Å². The van der Waals surface area contributed by atoms with Crippen LogP contribution in [0.3, 0.4) is 0 Å². The van der Waals surface area contributed by atoms with Crippen LogP contribution in [0.2, 0.25) is 0 Å². The minimum atomic E-state index is -5.30. The quantitative estimate of drug-likeness (QED) is 0.133. The van der Waals surface area contributed by atoms with Crippen molar-refractivity contribution in [3.8, 4) is 0 Å². The summed E-state index contributed by atoms with van der Waals surface area (Å²) in [4.78, 5) is 0. The van der Waals surface area contributed by atoms with Gasteiger partial charge in [0.1, 0.15) is 0 Å². The fourth-order valence-electron chi connectivity index (χ4n) is 2.44. The summed E-state index contributed by atoms with van der Waals surface area (Å²) >= 11 is 0. The van der Waals surface area contributed by atoms with E-state index in [0.717, 1.165) is 25.7 Å². The number of rotatable bonds is 16. The first kappa shape index (κ1) is 27.2. The maximum absolute atomic E-state index is 15.1. The first-order valence-electron chi connectivity index (χ1n) is 9.64. The molecular formula is C19H34FO6PS. The molecule has 0 saturated carbocycles. The van der Waals surface area contributed by atoms with Gasteiger partial charge in [0.05, 0.1) is 13.2 Å². The van der Waals surface area contributed by atoms with E-state index in [1.165, 1.54) is 13.8 Å². The molecule has 0 rings (SSSR count). The molecule has 0 saturated heterocycles. The van der Waals surface area contributed by atoms with E-state index < -0.39 is 28.9 Å². The lowest BCUT2D eigenvalue weighted by atomic mass is 10.2. The Kier molecular flexibility index (Phi) is 13.8. The number of hydrogen-bond donors (Lipinski definition) is 1. The van der Waals surface area contributed by atoms with Crippen LogP contribution in [-0.4, -0.2) is 30.9 Å². The van der Waals surface area contributed by atoms with Crippen LogP contribution in [0.5, 0.6) is 0 Å². The van der Waals surface area contributed by atoms with Gasteiger partial charge in [-0.05, 0) is 59.3 Å². The molecule has 6 nitrogen and oxygen atoms in total. The molecule has 0 fully saturated rings. The molecule has 0 aromatic heterocycles. The first-order chi connectivity index (χ1) is 13.2. The fourth-order valence-corrected chi connectivity index (χ4v) is 5.86. The van der Waals surface area contributed by atoms with Crippen molar-refractivity contribution in [2.75, 3.05) is 13.2 Å². The van der Waals surface area contributed by atoms with Crippen LogP contribution >= 0.6 is 7.60 Å². The number of unbranched alkanes of at least 4 members (excludes halogenated alkanes) is 3. The summed E-state index contributed by atoms with van der Waals surface area (Å²) in [6, 6.07) is 0. The highest BCUT2D eigenvalue weighted by Crippen LogP contribution is 2.64. The van der Waals surface area contributed by atoms with Crippen LogP contribution in [-0.2, 0) is 23.7 Å². The molecule has 1 atom stereocenters.